The van der Waals surface area contributed by atoms with Gasteiger partial charge in [0.05, 0.1) is 0 Å². The molecule has 2 aromatic carbocycles. The molecule has 7 rings (SSSR count). The summed E-state index contributed by atoms with van der Waals surface area (Å²) in [7, 11) is 3.58. The Labute approximate surface area is 249 Å². The molecule has 5 atom stereocenters. The second-order valence-electron chi connectivity index (χ2n) is 10.6. The number of carbonyl (C=O) groups is 3. The molecule has 3 fully saturated rings. The number of methoxy groups -OCH3 is 1. The van der Waals surface area contributed by atoms with Crippen LogP contribution >= 0.6 is 0 Å². The summed E-state index contributed by atoms with van der Waals surface area (Å²) >= 11 is -1.09. The zero-order valence-electron chi connectivity index (χ0n) is 22.5. The van der Waals surface area contributed by atoms with Crippen molar-refractivity contribution in [1.29, 1.82) is 0 Å². The molecule has 0 saturated carbocycles. The summed E-state index contributed by atoms with van der Waals surface area (Å²) in [5.41, 5.74) is 4.91. The molecule has 0 radical (unpaired) electrons. The Hall–Kier alpha value is -2.53. The van der Waals surface area contributed by atoms with Crippen molar-refractivity contribution in [2.24, 2.45) is 11.7 Å². The van der Waals surface area contributed by atoms with Gasteiger partial charge in [-0.25, -0.2) is 0 Å². The molecule has 214 valence electrons. The second-order valence-corrected chi connectivity index (χ2v) is 17.3. The fourth-order valence-corrected chi connectivity index (χ4v) is 14.5. The molecule has 0 bridgehead atoms. The number of ketones is 2. The standard InChI is InChI=1S/C29H29N3O7Se2/c1-31-20-15-32-22-21(19(16-37-26(30)35)27(32,36-2)23(20)31)24(33)28(38-13-14-39-28)29(25(22)34,40-17-9-5-3-6-10-17)41-18-11-7-4-8-12-18/h3-12,19-20,23H,13-16H2,1-2H3,(H2,30,35)/t19-,20+,23+,27-,31?/m1/s1. The fourth-order valence-electron chi connectivity index (χ4n) is 7.04. The van der Waals surface area contributed by atoms with Crippen LogP contribution in [0.3, 0.4) is 0 Å². The molecule has 3 saturated heterocycles. The number of nitrogens with two attached hydrogens (primary N) is 1. The number of benzene rings is 2. The van der Waals surface area contributed by atoms with Gasteiger partial charge in [-0.15, -0.1) is 0 Å². The molecule has 1 aliphatic carbocycles. The molecule has 41 heavy (non-hydrogen) atoms. The van der Waals surface area contributed by atoms with Crippen LogP contribution in [0.4, 0.5) is 4.79 Å². The summed E-state index contributed by atoms with van der Waals surface area (Å²) in [5, 5.41) is 0. The predicted molar refractivity (Wildman–Crippen MR) is 149 cm³/mol. The first-order valence-electron chi connectivity index (χ1n) is 13.4. The van der Waals surface area contributed by atoms with Gasteiger partial charge in [-0.1, -0.05) is 0 Å². The second kappa shape index (κ2) is 9.76. The van der Waals surface area contributed by atoms with Crippen molar-refractivity contribution in [2.45, 2.75) is 26.8 Å². The molecule has 0 aromatic heterocycles. The van der Waals surface area contributed by atoms with Crippen molar-refractivity contribution in [3.63, 3.8) is 0 Å². The number of nitrogens with zero attached hydrogens (tertiary/aromatic N) is 2. The molecule has 10 nitrogen and oxygen atoms in total. The first-order chi connectivity index (χ1) is 19.8. The Morgan fingerprint density at radius 2 is 1.59 bits per heavy atom. The summed E-state index contributed by atoms with van der Waals surface area (Å²) in [6, 6.07) is 19.6. The topological polar surface area (TPSA) is 120 Å². The number of likely N-dealkylation sites (N-methyl/N-ethyl adjacent to an activating group) is 1. The average Bonchev–Trinajstić information content (AvgIpc) is 3.34. The number of Topliss-reactive ketones (excluding diaryl/α,β-unsaturated/α-hetero) is 2. The van der Waals surface area contributed by atoms with E-state index in [-0.39, 0.29) is 49.0 Å². The molecular formula is C29H29N3O7Se2. The quantitative estimate of drug-likeness (QED) is 0.300. The van der Waals surface area contributed by atoms with E-state index in [0.29, 0.717) is 12.2 Å². The van der Waals surface area contributed by atoms with E-state index in [1.165, 1.54) is 0 Å². The van der Waals surface area contributed by atoms with E-state index in [9.17, 15) is 4.79 Å². The molecule has 2 aromatic rings. The third-order valence-electron chi connectivity index (χ3n) is 8.74. The van der Waals surface area contributed by atoms with E-state index in [4.69, 9.17) is 24.7 Å². The van der Waals surface area contributed by atoms with Crippen molar-refractivity contribution in [1.82, 2.24) is 9.80 Å². The normalized spacial score (nSPS) is 32.2. The minimum absolute atomic E-state index is 0.0878. The van der Waals surface area contributed by atoms with E-state index in [1.54, 1.807) is 7.11 Å². The van der Waals surface area contributed by atoms with Crippen LogP contribution in [0.25, 0.3) is 0 Å². The molecule has 4 heterocycles. The molecule has 5 aliphatic rings. The van der Waals surface area contributed by atoms with Gasteiger partial charge in [-0.3, -0.25) is 0 Å². The van der Waals surface area contributed by atoms with Gasteiger partial charge < -0.3 is 0 Å². The summed E-state index contributed by atoms with van der Waals surface area (Å²) in [6.07, 6.45) is -0.956. The SMILES string of the molecule is CO[C@@]12[C@H](COC(N)=O)C3=C(C(=O)C([Se]c4ccccc4)([Se]c4ccccc4)C4(OCCO4)C3=O)N1C[C@H]1[C@@H]2N1C. The number of piperazine rings is 1. The number of hydrogen-bond donors (Lipinski definition) is 1. The van der Waals surface area contributed by atoms with Crippen LogP contribution < -0.4 is 14.7 Å². The number of hydrogen-bond acceptors (Lipinski definition) is 9. The maximum atomic E-state index is 15.3. The number of primary amides is 1. The number of carbonyl (C=O) groups excluding carboxylic acids is 3. The predicted octanol–water partition coefficient (Wildman–Crippen LogP) is -0.623. The number of allylic oxidation sites excluding steroid dienone is 1. The van der Waals surface area contributed by atoms with Crippen LogP contribution in [-0.2, 0) is 28.5 Å². The van der Waals surface area contributed by atoms with Gasteiger partial charge in [0.1, 0.15) is 0 Å². The monoisotopic (exact) mass is 691 g/mol. The van der Waals surface area contributed by atoms with Crippen molar-refractivity contribution in [3.05, 3.63) is 71.9 Å². The summed E-state index contributed by atoms with van der Waals surface area (Å²) in [6.45, 7) is 0.690. The van der Waals surface area contributed by atoms with E-state index in [2.05, 4.69) is 4.90 Å². The van der Waals surface area contributed by atoms with E-state index in [1.807, 2.05) is 72.6 Å². The Morgan fingerprint density at radius 1 is 1.00 bits per heavy atom. The number of amides is 1. The van der Waals surface area contributed by atoms with Crippen LogP contribution in [0.15, 0.2) is 71.9 Å². The zero-order chi connectivity index (χ0) is 28.6. The van der Waals surface area contributed by atoms with Gasteiger partial charge in [0.15, 0.2) is 0 Å². The number of ether oxygens (including phenoxy) is 4. The average molecular weight is 689 g/mol. The summed E-state index contributed by atoms with van der Waals surface area (Å²) < 4.78 is 25.0. The fraction of sp³-hybridized carbons (Fsp3) is 0.414. The van der Waals surface area contributed by atoms with E-state index < -0.39 is 56.6 Å². The summed E-state index contributed by atoms with van der Waals surface area (Å²) in [4.78, 5) is 46.3. The number of rotatable bonds is 7. The van der Waals surface area contributed by atoms with E-state index in [0.717, 1.165) is 8.92 Å². The first-order valence-corrected chi connectivity index (χ1v) is 16.8. The van der Waals surface area contributed by atoms with Crippen molar-refractivity contribution < 1.29 is 33.3 Å². The van der Waals surface area contributed by atoms with Crippen molar-refractivity contribution in [2.75, 3.05) is 40.5 Å². The van der Waals surface area contributed by atoms with Gasteiger partial charge in [0.25, 0.3) is 0 Å². The Bertz CT molecular complexity index is 1410. The molecule has 2 N–H and O–H groups in total. The Kier molecular flexibility index (Phi) is 6.50. The molecule has 1 amide bonds. The van der Waals surface area contributed by atoms with Crippen molar-refractivity contribution in [3.8, 4) is 0 Å². The first kappa shape index (κ1) is 27.3. The Balaban J connectivity index is 1.45. The van der Waals surface area contributed by atoms with E-state index >= 15 is 9.59 Å². The van der Waals surface area contributed by atoms with Crippen LogP contribution in [0, 0.1) is 5.92 Å². The van der Waals surface area contributed by atoms with Gasteiger partial charge >= 0.3 is 251 Å². The maximum absolute atomic E-state index is 15.3. The van der Waals surface area contributed by atoms with Crippen LogP contribution in [0.1, 0.15) is 0 Å². The molecule has 12 heteroatoms. The minimum atomic E-state index is -1.80. The molecule has 1 spiro atoms. The van der Waals surface area contributed by atoms with Gasteiger partial charge in [-0.2, -0.15) is 0 Å². The zero-order valence-corrected chi connectivity index (χ0v) is 25.9. The van der Waals surface area contributed by atoms with Crippen LogP contribution in [0.2, 0.25) is 3.21 Å². The third-order valence-corrected chi connectivity index (χ3v) is 15.8. The Morgan fingerprint density at radius 3 is 2.12 bits per heavy atom. The molecular weight excluding hydrogens is 660 g/mol. The van der Waals surface area contributed by atoms with Crippen LogP contribution in [-0.4, -0.2) is 121 Å². The van der Waals surface area contributed by atoms with Gasteiger partial charge in [0.2, 0.25) is 0 Å². The van der Waals surface area contributed by atoms with Gasteiger partial charge in [-0.05, 0) is 0 Å². The van der Waals surface area contributed by atoms with Crippen molar-refractivity contribution >= 4 is 56.5 Å². The van der Waals surface area contributed by atoms with Crippen LogP contribution in [0.5, 0.6) is 0 Å². The van der Waals surface area contributed by atoms with Gasteiger partial charge in [0, 0.05) is 0 Å². The molecule has 4 aliphatic heterocycles. The number of fused-ring (bicyclic) bond motifs is 4. The third kappa shape index (κ3) is 3.66. The summed E-state index contributed by atoms with van der Waals surface area (Å²) in [5.74, 6) is -3.11. The molecule has 1 unspecified atom stereocenters.